The fourth-order valence-corrected chi connectivity index (χ4v) is 3.06. The number of carbonyl (C=O) groups is 2. The highest BCUT2D eigenvalue weighted by molar-refractivity contribution is 5.93. The zero-order chi connectivity index (χ0) is 13.4. The van der Waals surface area contributed by atoms with E-state index < -0.39 is 0 Å². The van der Waals surface area contributed by atoms with Gasteiger partial charge in [-0.05, 0) is 42.9 Å². The molecule has 1 aliphatic heterocycles. The first kappa shape index (κ1) is 12.2. The predicted octanol–water partition coefficient (Wildman–Crippen LogP) is 1.99. The topological polar surface area (TPSA) is 55.4 Å². The molecule has 3 aliphatic rings. The molecule has 2 aliphatic carbocycles. The summed E-state index contributed by atoms with van der Waals surface area (Å²) in [7, 11) is 1.45. The second-order valence-corrected chi connectivity index (χ2v) is 5.33. The fourth-order valence-electron chi connectivity index (χ4n) is 3.06. The number of allylic oxidation sites excluding steroid dienone is 6. The van der Waals surface area contributed by atoms with Gasteiger partial charge >= 0.3 is 5.97 Å². The molecule has 19 heavy (non-hydrogen) atoms. The lowest BCUT2D eigenvalue weighted by Gasteiger charge is -2.33. The smallest absolute Gasteiger partial charge is 0.308 e. The Kier molecular flexibility index (Phi) is 3.01. The van der Waals surface area contributed by atoms with E-state index >= 15 is 0 Å². The summed E-state index contributed by atoms with van der Waals surface area (Å²) in [6.07, 6.45) is 7.34. The standard InChI is InChI=1S/C15H17NO3/c1-19-15(18)10-3-5-13-11(7-10)6-9-2-4-12(17)8-14(9)16-13/h2,4,10,16H,3,5-8H2,1H3. The van der Waals surface area contributed by atoms with E-state index in [4.69, 9.17) is 4.74 Å². The molecular weight excluding hydrogens is 242 g/mol. The van der Waals surface area contributed by atoms with Crippen LogP contribution in [0.5, 0.6) is 0 Å². The molecule has 0 radical (unpaired) electrons. The number of dihydropyridines is 1. The predicted molar refractivity (Wildman–Crippen MR) is 69.9 cm³/mol. The largest absolute Gasteiger partial charge is 0.469 e. The van der Waals surface area contributed by atoms with Gasteiger partial charge in [-0.2, -0.15) is 0 Å². The molecule has 100 valence electrons. The summed E-state index contributed by atoms with van der Waals surface area (Å²) in [5.74, 6) is 0.0288. The molecule has 1 atom stereocenters. The van der Waals surface area contributed by atoms with Crippen LogP contribution >= 0.6 is 0 Å². The number of ketones is 1. The van der Waals surface area contributed by atoms with E-state index in [1.165, 1.54) is 24.0 Å². The van der Waals surface area contributed by atoms with Crippen LogP contribution in [0.25, 0.3) is 0 Å². The van der Waals surface area contributed by atoms with E-state index in [-0.39, 0.29) is 17.7 Å². The van der Waals surface area contributed by atoms with Gasteiger partial charge in [0.2, 0.25) is 0 Å². The van der Waals surface area contributed by atoms with Gasteiger partial charge < -0.3 is 10.1 Å². The van der Waals surface area contributed by atoms with Crippen LogP contribution in [-0.4, -0.2) is 18.9 Å². The van der Waals surface area contributed by atoms with Crippen molar-refractivity contribution < 1.29 is 14.3 Å². The maximum atomic E-state index is 11.6. The number of hydrogen-bond donors (Lipinski definition) is 1. The summed E-state index contributed by atoms with van der Waals surface area (Å²) in [6, 6.07) is 0. The van der Waals surface area contributed by atoms with Gasteiger partial charge in [0.25, 0.3) is 0 Å². The first-order chi connectivity index (χ1) is 9.17. The van der Waals surface area contributed by atoms with Gasteiger partial charge in [-0.25, -0.2) is 0 Å². The molecule has 0 saturated carbocycles. The summed E-state index contributed by atoms with van der Waals surface area (Å²) in [4.78, 5) is 23.1. The van der Waals surface area contributed by atoms with Crippen LogP contribution in [0, 0.1) is 5.92 Å². The van der Waals surface area contributed by atoms with Crippen molar-refractivity contribution in [3.63, 3.8) is 0 Å². The highest BCUT2D eigenvalue weighted by atomic mass is 16.5. The zero-order valence-electron chi connectivity index (χ0n) is 11.0. The first-order valence-corrected chi connectivity index (χ1v) is 6.66. The summed E-state index contributed by atoms with van der Waals surface area (Å²) in [5.41, 5.74) is 4.73. The summed E-state index contributed by atoms with van der Waals surface area (Å²) < 4.78 is 4.84. The molecular formula is C15H17NO3. The molecule has 0 fully saturated rings. The molecule has 4 nitrogen and oxygen atoms in total. The Labute approximate surface area is 112 Å². The SMILES string of the molecule is COC(=O)C1CCC2=C(CC3=C(CC(=O)C=C3)N2)C1. The third kappa shape index (κ3) is 2.23. The molecule has 1 unspecified atom stereocenters. The molecule has 3 rings (SSSR count). The third-order valence-electron chi connectivity index (χ3n) is 4.11. The van der Waals surface area contributed by atoms with Crippen LogP contribution in [0.4, 0.5) is 0 Å². The Bertz CT molecular complexity index is 540. The van der Waals surface area contributed by atoms with Crippen molar-refractivity contribution in [2.24, 2.45) is 5.92 Å². The van der Waals surface area contributed by atoms with Crippen LogP contribution in [0.1, 0.15) is 32.1 Å². The lowest BCUT2D eigenvalue weighted by Crippen LogP contribution is -2.30. The molecule has 1 heterocycles. The van der Waals surface area contributed by atoms with E-state index in [9.17, 15) is 9.59 Å². The second kappa shape index (κ2) is 4.68. The molecule has 4 heteroatoms. The summed E-state index contributed by atoms with van der Waals surface area (Å²) >= 11 is 0. The molecule has 0 spiro atoms. The van der Waals surface area contributed by atoms with Crippen molar-refractivity contribution in [2.45, 2.75) is 32.1 Å². The maximum Gasteiger partial charge on any atom is 0.308 e. The zero-order valence-corrected chi connectivity index (χ0v) is 11.0. The highest BCUT2D eigenvalue weighted by Crippen LogP contribution is 2.38. The molecule has 1 N–H and O–H groups in total. The number of hydrogen-bond acceptors (Lipinski definition) is 4. The van der Waals surface area contributed by atoms with E-state index in [1.54, 1.807) is 6.08 Å². The Morgan fingerprint density at radius 3 is 2.95 bits per heavy atom. The van der Waals surface area contributed by atoms with Crippen LogP contribution in [0.15, 0.2) is 34.7 Å². The number of carbonyl (C=O) groups excluding carboxylic acids is 2. The van der Waals surface area contributed by atoms with Gasteiger partial charge in [0.15, 0.2) is 5.78 Å². The minimum Gasteiger partial charge on any atom is -0.469 e. The third-order valence-corrected chi connectivity index (χ3v) is 4.11. The number of methoxy groups -OCH3 is 1. The number of rotatable bonds is 1. The minimum atomic E-state index is -0.110. The lowest BCUT2D eigenvalue weighted by molar-refractivity contribution is -0.145. The molecule has 0 aromatic rings. The normalized spacial score (nSPS) is 25.7. The second-order valence-electron chi connectivity index (χ2n) is 5.33. The monoisotopic (exact) mass is 259 g/mol. The highest BCUT2D eigenvalue weighted by Gasteiger charge is 2.31. The van der Waals surface area contributed by atoms with E-state index in [2.05, 4.69) is 5.32 Å². The quantitative estimate of drug-likeness (QED) is 0.732. The lowest BCUT2D eigenvalue weighted by atomic mass is 9.80. The van der Waals surface area contributed by atoms with Crippen LogP contribution in [0.2, 0.25) is 0 Å². The van der Waals surface area contributed by atoms with Gasteiger partial charge in [0, 0.05) is 11.4 Å². The van der Waals surface area contributed by atoms with Crippen molar-refractivity contribution in [2.75, 3.05) is 7.11 Å². The number of ether oxygens (including phenoxy) is 1. The van der Waals surface area contributed by atoms with Gasteiger partial charge in [0.1, 0.15) is 0 Å². The minimum absolute atomic E-state index is 0.0121. The fraction of sp³-hybridized carbons (Fsp3) is 0.467. The van der Waals surface area contributed by atoms with E-state index in [0.29, 0.717) is 6.42 Å². The Morgan fingerprint density at radius 2 is 2.16 bits per heavy atom. The van der Waals surface area contributed by atoms with E-state index in [0.717, 1.165) is 31.4 Å². The van der Waals surface area contributed by atoms with Gasteiger partial charge in [0.05, 0.1) is 19.4 Å². The Hall–Kier alpha value is -1.84. The van der Waals surface area contributed by atoms with Gasteiger partial charge in [-0.3, -0.25) is 9.59 Å². The van der Waals surface area contributed by atoms with Crippen LogP contribution < -0.4 is 5.32 Å². The Morgan fingerprint density at radius 1 is 1.32 bits per heavy atom. The van der Waals surface area contributed by atoms with Crippen molar-refractivity contribution in [3.8, 4) is 0 Å². The van der Waals surface area contributed by atoms with Crippen molar-refractivity contribution >= 4 is 11.8 Å². The molecule has 0 amide bonds. The average molecular weight is 259 g/mol. The molecule has 0 aromatic heterocycles. The first-order valence-electron chi connectivity index (χ1n) is 6.66. The van der Waals surface area contributed by atoms with Crippen molar-refractivity contribution in [1.82, 2.24) is 5.32 Å². The molecule has 0 saturated heterocycles. The Balaban J connectivity index is 1.77. The molecule has 0 aromatic carbocycles. The van der Waals surface area contributed by atoms with Crippen molar-refractivity contribution in [1.29, 1.82) is 0 Å². The number of esters is 1. The summed E-state index contributed by atoms with van der Waals surface area (Å²) in [6.45, 7) is 0. The van der Waals surface area contributed by atoms with Crippen molar-refractivity contribution in [3.05, 3.63) is 34.7 Å². The van der Waals surface area contributed by atoms with Gasteiger partial charge in [-0.1, -0.05) is 6.08 Å². The maximum absolute atomic E-state index is 11.6. The number of nitrogens with one attached hydrogen (secondary N) is 1. The summed E-state index contributed by atoms with van der Waals surface area (Å²) in [5, 5.41) is 3.40. The van der Waals surface area contributed by atoms with Gasteiger partial charge in [-0.15, -0.1) is 0 Å². The van der Waals surface area contributed by atoms with E-state index in [1.807, 2.05) is 6.08 Å². The average Bonchev–Trinajstić information content (AvgIpc) is 2.43. The molecule has 0 bridgehead atoms. The van der Waals surface area contributed by atoms with Crippen LogP contribution in [-0.2, 0) is 14.3 Å². The van der Waals surface area contributed by atoms with Crippen LogP contribution in [0.3, 0.4) is 0 Å².